The first kappa shape index (κ1) is 14.1. The number of nitrogens with zero attached hydrogens (tertiary/aromatic N) is 2. The molecule has 0 spiro atoms. The average molecular weight is 302 g/mol. The summed E-state index contributed by atoms with van der Waals surface area (Å²) in [5.41, 5.74) is 2.68. The van der Waals surface area contributed by atoms with Gasteiger partial charge in [0.15, 0.2) is 0 Å². The van der Waals surface area contributed by atoms with Crippen molar-refractivity contribution in [1.29, 1.82) is 0 Å². The van der Waals surface area contributed by atoms with Crippen molar-refractivity contribution >= 4 is 17.2 Å². The minimum Gasteiger partial charge on any atom is -0.387 e. The number of benzene rings is 1. The lowest BCUT2D eigenvalue weighted by Crippen LogP contribution is -2.21. The predicted octanol–water partition coefficient (Wildman–Crippen LogP) is 2.81. The highest BCUT2D eigenvalue weighted by atomic mass is 35.5. The van der Waals surface area contributed by atoms with Crippen LogP contribution in [0.3, 0.4) is 0 Å². The lowest BCUT2D eigenvalue weighted by Gasteiger charge is -2.11. The predicted molar refractivity (Wildman–Crippen MR) is 83.3 cm³/mol. The second-order valence-corrected chi connectivity index (χ2v) is 5.34. The van der Waals surface area contributed by atoms with E-state index in [-0.39, 0.29) is 0 Å². The largest absolute Gasteiger partial charge is 0.387 e. The molecule has 108 valence electrons. The Morgan fingerprint density at radius 2 is 1.95 bits per heavy atom. The molecule has 0 saturated carbocycles. The van der Waals surface area contributed by atoms with Gasteiger partial charge in [0.25, 0.3) is 0 Å². The maximum absolute atomic E-state index is 10.1. The van der Waals surface area contributed by atoms with Gasteiger partial charge in [-0.15, -0.1) is 0 Å². The first-order valence-corrected chi connectivity index (χ1v) is 7.17. The summed E-state index contributed by atoms with van der Waals surface area (Å²) in [6.07, 6.45) is 3.24. The summed E-state index contributed by atoms with van der Waals surface area (Å²) in [5.74, 6) is 0. The number of aromatic nitrogens is 2. The van der Waals surface area contributed by atoms with Crippen LogP contribution >= 0.6 is 11.6 Å². The van der Waals surface area contributed by atoms with E-state index in [4.69, 9.17) is 11.6 Å². The van der Waals surface area contributed by atoms with Crippen LogP contribution in [0.5, 0.6) is 0 Å². The lowest BCUT2D eigenvalue weighted by molar-refractivity contribution is 0.174. The van der Waals surface area contributed by atoms with E-state index in [2.05, 4.69) is 10.3 Å². The second-order valence-electron chi connectivity index (χ2n) is 4.90. The summed E-state index contributed by atoms with van der Waals surface area (Å²) in [6.45, 7) is 1.09. The zero-order chi connectivity index (χ0) is 14.7. The number of aliphatic hydroxyl groups is 1. The van der Waals surface area contributed by atoms with Crippen LogP contribution in [0, 0.1) is 0 Å². The summed E-state index contributed by atoms with van der Waals surface area (Å²) in [6, 6.07) is 13.3. The van der Waals surface area contributed by atoms with Crippen LogP contribution in [0.2, 0.25) is 5.02 Å². The molecule has 0 aliphatic rings. The maximum Gasteiger partial charge on any atom is 0.137 e. The standard InChI is InChI=1S/C16H16ClN3O/c17-13-6-7-16-19-14(11-20(16)10-13)8-18-9-15(21)12-4-2-1-3-5-12/h1-7,10-11,15,18,21H,8-9H2. The van der Waals surface area contributed by atoms with Gasteiger partial charge in [0.1, 0.15) is 5.65 Å². The number of aliphatic hydroxyl groups excluding tert-OH is 1. The minimum atomic E-state index is -0.516. The van der Waals surface area contributed by atoms with Crippen molar-refractivity contribution in [3.8, 4) is 0 Å². The molecule has 0 fully saturated rings. The smallest absolute Gasteiger partial charge is 0.137 e. The molecule has 0 bridgehead atoms. The third-order valence-electron chi connectivity index (χ3n) is 3.29. The molecule has 21 heavy (non-hydrogen) atoms. The van der Waals surface area contributed by atoms with Gasteiger partial charge in [0.2, 0.25) is 0 Å². The zero-order valence-corrected chi connectivity index (χ0v) is 12.2. The topological polar surface area (TPSA) is 49.6 Å². The fourth-order valence-electron chi connectivity index (χ4n) is 2.23. The summed E-state index contributed by atoms with van der Waals surface area (Å²) >= 11 is 5.94. The van der Waals surface area contributed by atoms with Crippen molar-refractivity contribution in [2.24, 2.45) is 0 Å². The highest BCUT2D eigenvalue weighted by Crippen LogP contribution is 2.13. The first-order valence-electron chi connectivity index (χ1n) is 6.79. The molecule has 0 aliphatic heterocycles. The van der Waals surface area contributed by atoms with Crippen LogP contribution in [-0.2, 0) is 6.54 Å². The van der Waals surface area contributed by atoms with Gasteiger partial charge in [0.05, 0.1) is 16.8 Å². The number of imidazole rings is 1. The molecule has 0 aliphatic carbocycles. The molecule has 1 unspecified atom stereocenters. The zero-order valence-electron chi connectivity index (χ0n) is 11.4. The Labute approximate surface area is 128 Å². The number of fused-ring (bicyclic) bond motifs is 1. The summed E-state index contributed by atoms with van der Waals surface area (Å²) in [5, 5.41) is 14.0. The summed E-state index contributed by atoms with van der Waals surface area (Å²) in [4.78, 5) is 4.48. The lowest BCUT2D eigenvalue weighted by atomic mass is 10.1. The maximum atomic E-state index is 10.1. The van der Waals surface area contributed by atoms with Crippen LogP contribution in [0.25, 0.3) is 5.65 Å². The highest BCUT2D eigenvalue weighted by Gasteiger charge is 2.07. The van der Waals surface area contributed by atoms with E-state index >= 15 is 0 Å². The molecular weight excluding hydrogens is 286 g/mol. The van der Waals surface area contributed by atoms with E-state index in [1.54, 1.807) is 0 Å². The van der Waals surface area contributed by atoms with Crippen LogP contribution in [0.15, 0.2) is 54.9 Å². The summed E-state index contributed by atoms with van der Waals surface area (Å²) < 4.78 is 1.90. The Hall–Kier alpha value is -1.88. The van der Waals surface area contributed by atoms with Gasteiger partial charge in [-0.2, -0.15) is 0 Å². The van der Waals surface area contributed by atoms with Crippen molar-refractivity contribution in [2.45, 2.75) is 12.6 Å². The Balaban J connectivity index is 1.59. The molecule has 2 aromatic heterocycles. The normalized spacial score (nSPS) is 12.7. The molecule has 4 nitrogen and oxygen atoms in total. The monoisotopic (exact) mass is 301 g/mol. The molecule has 0 amide bonds. The Morgan fingerprint density at radius 1 is 1.14 bits per heavy atom. The van der Waals surface area contributed by atoms with Crippen LogP contribution < -0.4 is 5.32 Å². The number of halogens is 1. The van der Waals surface area contributed by atoms with Gasteiger partial charge in [-0.25, -0.2) is 4.98 Å². The van der Waals surface area contributed by atoms with Gasteiger partial charge in [-0.05, 0) is 17.7 Å². The molecular formula is C16H16ClN3O. The van der Waals surface area contributed by atoms with Crippen molar-refractivity contribution < 1.29 is 5.11 Å². The minimum absolute atomic E-state index is 0.485. The molecule has 3 aromatic rings. The van der Waals surface area contributed by atoms with Gasteiger partial charge in [0, 0.05) is 25.5 Å². The van der Waals surface area contributed by atoms with Crippen LogP contribution in [-0.4, -0.2) is 21.0 Å². The van der Waals surface area contributed by atoms with Crippen LogP contribution in [0.1, 0.15) is 17.4 Å². The molecule has 1 aromatic carbocycles. The van der Waals surface area contributed by atoms with Gasteiger partial charge in [-0.1, -0.05) is 41.9 Å². The molecule has 5 heteroatoms. The molecule has 0 radical (unpaired) electrons. The van der Waals surface area contributed by atoms with Crippen molar-refractivity contribution in [3.63, 3.8) is 0 Å². The SMILES string of the molecule is OC(CNCc1cn2cc(Cl)ccc2n1)c1ccccc1. The Kier molecular flexibility index (Phi) is 4.20. The van der Waals surface area contributed by atoms with Gasteiger partial charge in [-0.3, -0.25) is 0 Å². The van der Waals surface area contributed by atoms with E-state index in [0.717, 1.165) is 16.9 Å². The van der Waals surface area contributed by atoms with E-state index in [1.807, 2.05) is 59.3 Å². The van der Waals surface area contributed by atoms with E-state index < -0.39 is 6.10 Å². The average Bonchev–Trinajstić information content (AvgIpc) is 2.89. The molecule has 1 atom stereocenters. The quantitative estimate of drug-likeness (QED) is 0.762. The fraction of sp³-hybridized carbons (Fsp3) is 0.188. The van der Waals surface area contributed by atoms with Crippen molar-refractivity contribution in [2.75, 3.05) is 6.54 Å². The molecule has 0 saturated heterocycles. The third kappa shape index (κ3) is 3.42. The number of pyridine rings is 1. The van der Waals surface area contributed by atoms with E-state index in [9.17, 15) is 5.11 Å². The van der Waals surface area contributed by atoms with E-state index in [0.29, 0.717) is 18.1 Å². The number of hydrogen-bond donors (Lipinski definition) is 2. The Morgan fingerprint density at radius 3 is 2.76 bits per heavy atom. The van der Waals surface area contributed by atoms with Crippen molar-refractivity contribution in [1.82, 2.24) is 14.7 Å². The molecule has 2 N–H and O–H groups in total. The fourth-order valence-corrected chi connectivity index (χ4v) is 2.40. The van der Waals surface area contributed by atoms with E-state index in [1.165, 1.54) is 0 Å². The second kappa shape index (κ2) is 6.26. The Bertz CT molecular complexity index is 727. The van der Waals surface area contributed by atoms with Gasteiger partial charge >= 0.3 is 0 Å². The molecule has 3 rings (SSSR count). The molecule has 2 heterocycles. The number of nitrogens with one attached hydrogen (secondary N) is 1. The summed E-state index contributed by atoms with van der Waals surface area (Å²) in [7, 11) is 0. The highest BCUT2D eigenvalue weighted by molar-refractivity contribution is 6.30. The van der Waals surface area contributed by atoms with Crippen LogP contribution in [0.4, 0.5) is 0 Å². The van der Waals surface area contributed by atoms with Crippen molar-refractivity contribution in [3.05, 3.63) is 71.1 Å². The number of rotatable bonds is 5. The number of hydrogen-bond acceptors (Lipinski definition) is 3. The first-order chi connectivity index (χ1) is 10.2. The van der Waals surface area contributed by atoms with Gasteiger partial charge < -0.3 is 14.8 Å². The third-order valence-corrected chi connectivity index (χ3v) is 3.52.